The predicted octanol–water partition coefficient (Wildman–Crippen LogP) is 2.42. The van der Waals surface area contributed by atoms with Crippen LogP contribution in [0.1, 0.15) is 16.7 Å². The Morgan fingerprint density at radius 2 is 2.25 bits per heavy atom. The highest BCUT2D eigenvalue weighted by molar-refractivity contribution is 7.10. The van der Waals surface area contributed by atoms with Crippen LogP contribution in [0.15, 0.2) is 40.3 Å². The van der Waals surface area contributed by atoms with Crippen LogP contribution < -0.4 is 0 Å². The Bertz CT molecular complexity index is 289. The van der Waals surface area contributed by atoms with Gasteiger partial charge in [0.1, 0.15) is 11.9 Å². The third kappa shape index (κ3) is 1.29. The molecule has 0 aliphatic heterocycles. The summed E-state index contributed by atoms with van der Waals surface area (Å²) in [4.78, 5) is 0.907. The number of rotatable bonds is 2. The molecule has 2 heterocycles. The van der Waals surface area contributed by atoms with Crippen LogP contribution in [0.2, 0.25) is 0 Å². The molecule has 0 aliphatic carbocycles. The zero-order chi connectivity index (χ0) is 8.39. The molecule has 0 radical (unpaired) electrons. The molecule has 2 rings (SSSR count). The van der Waals surface area contributed by atoms with E-state index in [4.69, 9.17) is 4.42 Å². The Kier molecular flexibility index (Phi) is 1.98. The Balaban J connectivity index is 2.27. The van der Waals surface area contributed by atoms with Gasteiger partial charge in [-0.1, -0.05) is 6.07 Å². The van der Waals surface area contributed by atoms with Crippen LogP contribution in [0.25, 0.3) is 0 Å². The van der Waals surface area contributed by atoms with Gasteiger partial charge in [-0.2, -0.15) is 0 Å². The van der Waals surface area contributed by atoms with Crippen molar-refractivity contribution in [1.29, 1.82) is 0 Å². The topological polar surface area (TPSA) is 33.4 Å². The lowest BCUT2D eigenvalue weighted by Crippen LogP contribution is -1.93. The van der Waals surface area contributed by atoms with Crippen molar-refractivity contribution in [3.63, 3.8) is 0 Å². The summed E-state index contributed by atoms with van der Waals surface area (Å²) in [5, 5.41) is 11.6. The van der Waals surface area contributed by atoms with Crippen LogP contribution in [0.5, 0.6) is 0 Å². The van der Waals surface area contributed by atoms with Crippen molar-refractivity contribution in [3.05, 3.63) is 46.5 Å². The summed E-state index contributed by atoms with van der Waals surface area (Å²) in [6.45, 7) is 0. The number of hydrogen-bond acceptors (Lipinski definition) is 3. The average Bonchev–Trinajstić information content (AvgIpc) is 2.77. The molecule has 0 unspecified atom stereocenters. The molecule has 0 saturated heterocycles. The summed E-state index contributed by atoms with van der Waals surface area (Å²) in [6.07, 6.45) is 0.951. The molecule has 0 amide bonds. The number of thiophene rings is 1. The third-order valence-corrected chi connectivity index (χ3v) is 2.55. The van der Waals surface area contributed by atoms with Crippen molar-refractivity contribution in [2.24, 2.45) is 0 Å². The van der Waals surface area contributed by atoms with Gasteiger partial charge >= 0.3 is 0 Å². The van der Waals surface area contributed by atoms with Crippen molar-refractivity contribution >= 4 is 11.3 Å². The molecular formula is C9H8O2S. The van der Waals surface area contributed by atoms with Crippen LogP contribution in [0, 0.1) is 0 Å². The summed E-state index contributed by atoms with van der Waals surface area (Å²) in [6, 6.07) is 7.33. The Hall–Kier alpha value is -1.06. The predicted molar refractivity (Wildman–Crippen MR) is 47.1 cm³/mol. The Morgan fingerprint density at radius 3 is 2.83 bits per heavy atom. The molecule has 0 bridgehead atoms. The second kappa shape index (κ2) is 3.13. The largest absolute Gasteiger partial charge is 0.466 e. The fourth-order valence-corrected chi connectivity index (χ4v) is 1.75. The van der Waals surface area contributed by atoms with E-state index >= 15 is 0 Å². The molecule has 0 saturated carbocycles. The smallest absolute Gasteiger partial charge is 0.146 e. The van der Waals surface area contributed by atoms with E-state index < -0.39 is 6.10 Å². The van der Waals surface area contributed by atoms with Gasteiger partial charge in [0, 0.05) is 4.88 Å². The maximum atomic E-state index is 9.69. The fourth-order valence-electron chi connectivity index (χ4n) is 1.03. The highest BCUT2D eigenvalue weighted by Gasteiger charge is 2.12. The first-order valence-corrected chi connectivity index (χ1v) is 4.51. The van der Waals surface area contributed by atoms with Gasteiger partial charge in [0.15, 0.2) is 0 Å². The third-order valence-electron chi connectivity index (χ3n) is 1.63. The minimum absolute atomic E-state index is 0.595. The summed E-state index contributed by atoms with van der Waals surface area (Å²) in [7, 11) is 0. The summed E-state index contributed by atoms with van der Waals surface area (Å²) < 4.78 is 5.08. The number of aliphatic hydroxyl groups excluding tert-OH is 1. The molecule has 2 aromatic rings. The van der Waals surface area contributed by atoms with Gasteiger partial charge in [0.05, 0.1) is 6.26 Å². The second-order valence-corrected chi connectivity index (χ2v) is 3.41. The van der Waals surface area contributed by atoms with E-state index in [2.05, 4.69) is 0 Å². The van der Waals surface area contributed by atoms with E-state index in [9.17, 15) is 5.11 Å². The molecule has 0 fully saturated rings. The normalized spacial score (nSPS) is 13.1. The summed E-state index contributed by atoms with van der Waals surface area (Å²) in [5.41, 5.74) is 0. The minimum atomic E-state index is -0.611. The van der Waals surface area contributed by atoms with E-state index in [0.29, 0.717) is 5.76 Å². The lowest BCUT2D eigenvalue weighted by Gasteiger charge is -2.02. The number of hydrogen-bond donors (Lipinski definition) is 1. The monoisotopic (exact) mass is 180 g/mol. The maximum absolute atomic E-state index is 9.69. The van der Waals surface area contributed by atoms with E-state index in [0.717, 1.165) is 4.88 Å². The van der Waals surface area contributed by atoms with Gasteiger partial charge < -0.3 is 9.52 Å². The first kappa shape index (κ1) is 7.58. The van der Waals surface area contributed by atoms with E-state index in [1.165, 1.54) is 11.3 Å². The van der Waals surface area contributed by atoms with E-state index in [1.807, 2.05) is 17.5 Å². The fraction of sp³-hybridized carbons (Fsp3) is 0.111. The quantitative estimate of drug-likeness (QED) is 0.770. The average molecular weight is 180 g/mol. The minimum Gasteiger partial charge on any atom is -0.466 e. The Morgan fingerprint density at radius 1 is 1.33 bits per heavy atom. The van der Waals surface area contributed by atoms with Crippen LogP contribution in [-0.2, 0) is 0 Å². The molecule has 62 valence electrons. The van der Waals surface area contributed by atoms with Crippen LogP contribution >= 0.6 is 11.3 Å². The van der Waals surface area contributed by atoms with Crippen molar-refractivity contribution < 1.29 is 9.52 Å². The van der Waals surface area contributed by atoms with Crippen LogP contribution in [-0.4, -0.2) is 5.11 Å². The first-order valence-electron chi connectivity index (χ1n) is 3.63. The molecule has 3 heteroatoms. The maximum Gasteiger partial charge on any atom is 0.146 e. The molecule has 1 N–H and O–H groups in total. The highest BCUT2D eigenvalue weighted by atomic mass is 32.1. The molecule has 12 heavy (non-hydrogen) atoms. The second-order valence-electron chi connectivity index (χ2n) is 2.43. The lowest BCUT2D eigenvalue weighted by molar-refractivity contribution is 0.193. The van der Waals surface area contributed by atoms with Crippen molar-refractivity contribution in [3.8, 4) is 0 Å². The van der Waals surface area contributed by atoms with Gasteiger partial charge in [-0.05, 0) is 23.6 Å². The molecule has 0 aliphatic rings. The lowest BCUT2D eigenvalue weighted by atomic mass is 10.2. The van der Waals surface area contributed by atoms with Crippen molar-refractivity contribution in [2.45, 2.75) is 6.10 Å². The SMILES string of the molecule is O[C@H](c1ccco1)c1cccs1. The summed E-state index contributed by atoms with van der Waals surface area (Å²) >= 11 is 1.52. The number of furan rings is 1. The molecule has 2 nitrogen and oxygen atoms in total. The van der Waals surface area contributed by atoms with Crippen molar-refractivity contribution in [2.75, 3.05) is 0 Å². The Labute approximate surface area is 74.1 Å². The first-order chi connectivity index (χ1) is 5.88. The molecule has 1 atom stereocenters. The number of aliphatic hydroxyl groups is 1. The molecule has 0 spiro atoms. The molecular weight excluding hydrogens is 172 g/mol. The zero-order valence-corrected chi connectivity index (χ0v) is 7.12. The van der Waals surface area contributed by atoms with Gasteiger partial charge in [-0.15, -0.1) is 11.3 Å². The van der Waals surface area contributed by atoms with Crippen LogP contribution in [0.3, 0.4) is 0 Å². The van der Waals surface area contributed by atoms with Gasteiger partial charge in [0.2, 0.25) is 0 Å². The van der Waals surface area contributed by atoms with Gasteiger partial charge in [0.25, 0.3) is 0 Å². The van der Waals surface area contributed by atoms with Crippen molar-refractivity contribution in [1.82, 2.24) is 0 Å². The molecule has 2 aromatic heterocycles. The standard InChI is InChI=1S/C9H8O2S/c10-9(7-3-1-5-11-7)8-4-2-6-12-8/h1-6,9-10H/t9-/m1/s1. The van der Waals surface area contributed by atoms with Gasteiger partial charge in [-0.3, -0.25) is 0 Å². The van der Waals surface area contributed by atoms with E-state index in [1.54, 1.807) is 18.4 Å². The summed E-state index contributed by atoms with van der Waals surface area (Å²) in [5.74, 6) is 0.595. The van der Waals surface area contributed by atoms with Crippen LogP contribution in [0.4, 0.5) is 0 Å². The van der Waals surface area contributed by atoms with E-state index in [-0.39, 0.29) is 0 Å². The molecule has 0 aromatic carbocycles. The highest BCUT2D eigenvalue weighted by Crippen LogP contribution is 2.25. The zero-order valence-electron chi connectivity index (χ0n) is 6.31. The van der Waals surface area contributed by atoms with Gasteiger partial charge in [-0.25, -0.2) is 0 Å².